The van der Waals surface area contributed by atoms with Crippen molar-refractivity contribution in [3.8, 4) is 0 Å². The number of carbonyl (C=O) groups is 1. The number of hydrogen-bond acceptors (Lipinski definition) is 4. The van der Waals surface area contributed by atoms with Crippen LogP contribution in [0.1, 0.15) is 16.1 Å². The van der Waals surface area contributed by atoms with Crippen molar-refractivity contribution in [1.29, 1.82) is 0 Å². The van der Waals surface area contributed by atoms with Crippen molar-refractivity contribution in [3.63, 3.8) is 0 Å². The number of rotatable bonds is 1. The number of aryl methyl sites for hydroxylation is 1. The fourth-order valence-electron chi connectivity index (χ4n) is 0.606. The van der Waals surface area contributed by atoms with Gasteiger partial charge in [0.25, 0.3) is 5.91 Å². The minimum Gasteiger partial charge on any atom is -0.361 e. The molecule has 0 aromatic carbocycles. The van der Waals surface area contributed by atoms with Gasteiger partial charge in [0.05, 0.1) is 11.4 Å². The molecule has 1 rings (SSSR count). The number of isothiocyanates is 1. The van der Waals surface area contributed by atoms with E-state index >= 15 is 0 Å². The summed E-state index contributed by atoms with van der Waals surface area (Å²) >= 11 is 4.26. The van der Waals surface area contributed by atoms with Gasteiger partial charge < -0.3 is 4.52 Å². The highest BCUT2D eigenvalue weighted by Gasteiger charge is 2.10. The van der Waals surface area contributed by atoms with Gasteiger partial charge in [-0.25, -0.2) is 0 Å². The number of amides is 1. The van der Waals surface area contributed by atoms with Crippen LogP contribution in [-0.2, 0) is 0 Å². The zero-order valence-electron chi connectivity index (χ0n) is 5.70. The van der Waals surface area contributed by atoms with E-state index in [1.54, 1.807) is 6.92 Å². The highest BCUT2D eigenvalue weighted by Crippen LogP contribution is 2.06. The molecule has 0 bridgehead atoms. The van der Waals surface area contributed by atoms with Crippen LogP contribution in [0, 0.1) is 6.92 Å². The molecule has 11 heavy (non-hydrogen) atoms. The first-order valence-electron chi connectivity index (χ1n) is 2.79. The summed E-state index contributed by atoms with van der Waals surface area (Å²) in [6, 6.07) is 0. The van der Waals surface area contributed by atoms with E-state index in [1.807, 2.05) is 5.16 Å². The quantitative estimate of drug-likeness (QED) is 0.467. The van der Waals surface area contributed by atoms with Crippen LogP contribution in [-0.4, -0.2) is 16.2 Å². The van der Waals surface area contributed by atoms with E-state index in [2.05, 4.69) is 26.9 Å². The molecular weight excluding hydrogens is 164 g/mol. The molecule has 0 radical (unpaired) electrons. The average molecular weight is 168 g/mol. The molecule has 0 saturated carbocycles. The van der Waals surface area contributed by atoms with Crippen molar-refractivity contribution in [1.82, 2.24) is 5.16 Å². The second-order valence-corrected chi connectivity index (χ2v) is 1.99. The first-order valence-corrected chi connectivity index (χ1v) is 3.20. The molecule has 1 heterocycles. The second-order valence-electron chi connectivity index (χ2n) is 1.80. The Hall–Kier alpha value is -1.32. The summed E-state index contributed by atoms with van der Waals surface area (Å²) in [4.78, 5) is 14.2. The molecule has 0 spiro atoms. The van der Waals surface area contributed by atoms with Crippen molar-refractivity contribution >= 4 is 23.3 Å². The fraction of sp³-hybridized carbons (Fsp3) is 0.167. The minimum absolute atomic E-state index is 0.322. The summed E-state index contributed by atoms with van der Waals surface area (Å²) in [5.74, 6) is -0.0391. The van der Waals surface area contributed by atoms with Crippen LogP contribution in [0.15, 0.2) is 15.7 Å². The molecule has 0 unspecified atom stereocenters. The molecule has 4 nitrogen and oxygen atoms in total. The maximum Gasteiger partial charge on any atom is 0.291 e. The molecule has 1 amide bonds. The molecule has 1 aromatic heterocycles. The lowest BCUT2D eigenvalue weighted by Crippen LogP contribution is -1.93. The Balaban J connectivity index is 3.02. The molecule has 0 fully saturated rings. The van der Waals surface area contributed by atoms with Crippen molar-refractivity contribution in [2.45, 2.75) is 6.92 Å². The van der Waals surface area contributed by atoms with Crippen LogP contribution < -0.4 is 0 Å². The average Bonchev–Trinajstić information content (AvgIpc) is 2.36. The van der Waals surface area contributed by atoms with Gasteiger partial charge in [-0.2, -0.15) is 4.99 Å². The number of thiocarbonyl (C=S) groups is 1. The lowest BCUT2D eigenvalue weighted by Gasteiger charge is -1.84. The Kier molecular flexibility index (Phi) is 2.25. The third-order valence-electron chi connectivity index (χ3n) is 1.13. The Labute approximate surface area is 67.9 Å². The molecule has 0 aliphatic rings. The Bertz CT molecular complexity index is 325. The molecule has 56 valence electrons. The summed E-state index contributed by atoms with van der Waals surface area (Å²) < 4.78 is 4.64. The SMILES string of the molecule is Cc1oncc1C(=O)N=C=S. The largest absolute Gasteiger partial charge is 0.361 e. The fourth-order valence-corrected chi connectivity index (χ4v) is 0.689. The monoisotopic (exact) mass is 168 g/mol. The van der Waals surface area contributed by atoms with Gasteiger partial charge in [0.2, 0.25) is 0 Å². The molecule has 0 aliphatic heterocycles. The van der Waals surface area contributed by atoms with Gasteiger partial charge in [-0.15, -0.1) is 0 Å². The molecule has 0 N–H and O–H groups in total. The lowest BCUT2D eigenvalue weighted by atomic mass is 10.3. The zero-order valence-corrected chi connectivity index (χ0v) is 6.51. The molecular formula is C6H4N2O2S. The van der Waals surface area contributed by atoms with Crippen molar-refractivity contribution in [2.75, 3.05) is 0 Å². The lowest BCUT2D eigenvalue weighted by molar-refractivity contribution is 0.100. The summed E-state index contributed by atoms with van der Waals surface area (Å²) in [5.41, 5.74) is 0.322. The predicted molar refractivity (Wildman–Crippen MR) is 40.6 cm³/mol. The second kappa shape index (κ2) is 3.18. The summed E-state index contributed by atoms with van der Waals surface area (Å²) in [6.45, 7) is 1.62. The van der Waals surface area contributed by atoms with Gasteiger partial charge >= 0.3 is 0 Å². The Morgan fingerprint density at radius 1 is 1.91 bits per heavy atom. The van der Waals surface area contributed by atoms with Gasteiger partial charge in [0.15, 0.2) is 0 Å². The number of aliphatic imine (C=N–C) groups is 1. The van der Waals surface area contributed by atoms with Crippen LogP contribution in [0.4, 0.5) is 0 Å². The van der Waals surface area contributed by atoms with Crippen molar-refractivity contribution < 1.29 is 9.32 Å². The molecule has 0 saturated heterocycles. The van der Waals surface area contributed by atoms with Gasteiger partial charge in [-0.1, -0.05) is 5.16 Å². The summed E-state index contributed by atoms with van der Waals surface area (Å²) in [6.07, 6.45) is 1.30. The topological polar surface area (TPSA) is 55.5 Å². The van der Waals surface area contributed by atoms with E-state index in [4.69, 9.17) is 0 Å². The maximum atomic E-state index is 10.9. The van der Waals surface area contributed by atoms with Gasteiger partial charge in [-0.05, 0) is 19.1 Å². The van der Waals surface area contributed by atoms with Crippen LogP contribution >= 0.6 is 12.2 Å². The third-order valence-corrected chi connectivity index (χ3v) is 1.22. The molecule has 0 aliphatic carbocycles. The van der Waals surface area contributed by atoms with E-state index in [0.717, 1.165) is 0 Å². The van der Waals surface area contributed by atoms with E-state index < -0.39 is 5.91 Å². The standard InChI is InChI=1S/C6H4N2O2S/c1-4-5(2-8-10-4)6(9)7-3-11/h2H,1H3. The van der Waals surface area contributed by atoms with Gasteiger partial charge in [-0.3, -0.25) is 4.79 Å². The molecule has 5 heteroatoms. The first-order chi connectivity index (χ1) is 5.25. The number of nitrogens with zero attached hydrogens (tertiary/aromatic N) is 2. The van der Waals surface area contributed by atoms with Crippen LogP contribution in [0.2, 0.25) is 0 Å². The molecule has 1 aromatic rings. The van der Waals surface area contributed by atoms with E-state index in [9.17, 15) is 4.79 Å². The van der Waals surface area contributed by atoms with Crippen LogP contribution in [0.25, 0.3) is 0 Å². The first kappa shape index (κ1) is 7.78. The van der Waals surface area contributed by atoms with Crippen LogP contribution in [0.5, 0.6) is 0 Å². The normalized spacial score (nSPS) is 8.82. The zero-order chi connectivity index (χ0) is 8.27. The highest BCUT2D eigenvalue weighted by atomic mass is 32.1. The van der Waals surface area contributed by atoms with Gasteiger partial charge in [0.1, 0.15) is 11.3 Å². The smallest absolute Gasteiger partial charge is 0.291 e. The highest BCUT2D eigenvalue weighted by molar-refractivity contribution is 7.78. The number of aromatic nitrogens is 1. The molecule has 0 atom stereocenters. The van der Waals surface area contributed by atoms with E-state index in [0.29, 0.717) is 11.3 Å². The predicted octanol–water partition coefficient (Wildman–Crippen LogP) is 1.23. The Morgan fingerprint density at radius 2 is 2.64 bits per heavy atom. The van der Waals surface area contributed by atoms with Crippen molar-refractivity contribution in [2.24, 2.45) is 4.99 Å². The van der Waals surface area contributed by atoms with E-state index in [1.165, 1.54) is 6.20 Å². The van der Waals surface area contributed by atoms with Crippen molar-refractivity contribution in [3.05, 3.63) is 17.5 Å². The summed E-state index contributed by atoms with van der Waals surface area (Å²) in [7, 11) is 0. The summed E-state index contributed by atoms with van der Waals surface area (Å²) in [5, 5.41) is 5.38. The van der Waals surface area contributed by atoms with Gasteiger partial charge in [0, 0.05) is 0 Å². The third kappa shape index (κ3) is 1.58. The maximum absolute atomic E-state index is 10.9. The van der Waals surface area contributed by atoms with Crippen LogP contribution in [0.3, 0.4) is 0 Å². The Morgan fingerprint density at radius 3 is 3.09 bits per heavy atom. The number of carbonyl (C=O) groups excluding carboxylic acids is 1. The minimum atomic E-state index is -0.473. The van der Waals surface area contributed by atoms with E-state index in [-0.39, 0.29) is 0 Å². The number of hydrogen-bond donors (Lipinski definition) is 0.